The SMILES string of the molecule is Clc1ccc(Cl)c2c1OCCO2. The normalized spacial score (nSPS) is 14.5. The van der Waals surface area contributed by atoms with E-state index in [9.17, 15) is 0 Å². The molecule has 64 valence electrons. The van der Waals surface area contributed by atoms with Gasteiger partial charge in [0, 0.05) is 0 Å². The van der Waals surface area contributed by atoms with E-state index in [1.807, 2.05) is 0 Å². The van der Waals surface area contributed by atoms with Crippen LogP contribution in [0.25, 0.3) is 0 Å². The summed E-state index contributed by atoms with van der Waals surface area (Å²) in [7, 11) is 0. The molecule has 1 aliphatic heterocycles. The Labute approximate surface area is 80.0 Å². The second-order valence-corrected chi connectivity index (χ2v) is 3.20. The molecule has 12 heavy (non-hydrogen) atoms. The van der Waals surface area contributed by atoms with E-state index in [4.69, 9.17) is 32.7 Å². The van der Waals surface area contributed by atoms with Crippen LogP contribution in [0.4, 0.5) is 0 Å². The second kappa shape index (κ2) is 3.04. The molecule has 0 fully saturated rings. The number of ether oxygens (including phenoxy) is 2. The molecular formula is C8H6Cl2O2. The maximum absolute atomic E-state index is 5.85. The van der Waals surface area contributed by atoms with Gasteiger partial charge < -0.3 is 9.47 Å². The highest BCUT2D eigenvalue weighted by Crippen LogP contribution is 2.42. The summed E-state index contributed by atoms with van der Waals surface area (Å²) in [5.41, 5.74) is 0. The first-order chi connectivity index (χ1) is 5.79. The van der Waals surface area contributed by atoms with Crippen molar-refractivity contribution in [2.75, 3.05) is 13.2 Å². The van der Waals surface area contributed by atoms with Gasteiger partial charge in [0.1, 0.15) is 13.2 Å². The van der Waals surface area contributed by atoms with Crippen molar-refractivity contribution in [3.63, 3.8) is 0 Å². The third kappa shape index (κ3) is 1.21. The molecule has 0 atom stereocenters. The molecule has 0 saturated carbocycles. The lowest BCUT2D eigenvalue weighted by Crippen LogP contribution is -2.15. The van der Waals surface area contributed by atoms with Gasteiger partial charge in [0.05, 0.1) is 10.0 Å². The molecule has 1 aliphatic rings. The lowest BCUT2D eigenvalue weighted by Gasteiger charge is -2.19. The lowest BCUT2D eigenvalue weighted by molar-refractivity contribution is 0.172. The van der Waals surface area contributed by atoms with Crippen LogP contribution >= 0.6 is 23.2 Å². The minimum absolute atomic E-state index is 0.521. The Morgan fingerprint density at radius 2 is 1.33 bits per heavy atom. The van der Waals surface area contributed by atoms with Gasteiger partial charge in [0.2, 0.25) is 0 Å². The zero-order chi connectivity index (χ0) is 8.55. The number of rotatable bonds is 0. The average Bonchev–Trinajstić information content (AvgIpc) is 2.12. The van der Waals surface area contributed by atoms with Crippen molar-refractivity contribution in [3.05, 3.63) is 22.2 Å². The minimum Gasteiger partial charge on any atom is -0.485 e. The van der Waals surface area contributed by atoms with E-state index in [0.29, 0.717) is 34.8 Å². The van der Waals surface area contributed by atoms with Crippen molar-refractivity contribution in [1.29, 1.82) is 0 Å². The minimum atomic E-state index is 0.521. The Morgan fingerprint density at radius 3 is 1.75 bits per heavy atom. The lowest BCUT2D eigenvalue weighted by atomic mass is 10.3. The molecule has 0 N–H and O–H groups in total. The first-order valence-corrected chi connectivity index (χ1v) is 4.28. The third-order valence-electron chi connectivity index (χ3n) is 1.59. The van der Waals surface area contributed by atoms with E-state index in [2.05, 4.69) is 0 Å². The van der Waals surface area contributed by atoms with E-state index in [0.717, 1.165) is 0 Å². The van der Waals surface area contributed by atoms with Crippen LogP contribution in [0.5, 0.6) is 11.5 Å². The highest BCUT2D eigenvalue weighted by molar-refractivity contribution is 6.35. The molecule has 1 aromatic carbocycles. The zero-order valence-electron chi connectivity index (χ0n) is 6.14. The van der Waals surface area contributed by atoms with Crippen molar-refractivity contribution in [2.24, 2.45) is 0 Å². The molecule has 1 heterocycles. The van der Waals surface area contributed by atoms with Crippen LogP contribution in [0.3, 0.4) is 0 Å². The van der Waals surface area contributed by atoms with Crippen molar-refractivity contribution >= 4 is 23.2 Å². The summed E-state index contributed by atoms with van der Waals surface area (Å²) in [5.74, 6) is 1.10. The van der Waals surface area contributed by atoms with Gasteiger partial charge in [-0.25, -0.2) is 0 Å². The number of fused-ring (bicyclic) bond motifs is 1. The number of halogens is 2. The highest BCUT2D eigenvalue weighted by atomic mass is 35.5. The molecule has 0 aliphatic carbocycles. The summed E-state index contributed by atoms with van der Waals surface area (Å²) in [6.07, 6.45) is 0. The topological polar surface area (TPSA) is 18.5 Å². The fraction of sp³-hybridized carbons (Fsp3) is 0.250. The van der Waals surface area contributed by atoms with Crippen LogP contribution in [0.2, 0.25) is 10.0 Å². The van der Waals surface area contributed by atoms with Gasteiger partial charge in [-0.15, -0.1) is 0 Å². The maximum atomic E-state index is 5.85. The quantitative estimate of drug-likeness (QED) is 0.648. The Kier molecular flexibility index (Phi) is 2.03. The van der Waals surface area contributed by atoms with Gasteiger partial charge in [-0.05, 0) is 12.1 Å². The molecule has 0 unspecified atom stereocenters. The van der Waals surface area contributed by atoms with Crippen LogP contribution in [-0.4, -0.2) is 13.2 Å². The van der Waals surface area contributed by atoms with Gasteiger partial charge in [-0.1, -0.05) is 23.2 Å². The molecule has 0 saturated heterocycles. The molecule has 0 aromatic heterocycles. The van der Waals surface area contributed by atoms with Gasteiger partial charge >= 0.3 is 0 Å². The zero-order valence-corrected chi connectivity index (χ0v) is 7.65. The smallest absolute Gasteiger partial charge is 0.181 e. The summed E-state index contributed by atoms with van der Waals surface area (Å²) in [6.45, 7) is 1.04. The summed E-state index contributed by atoms with van der Waals surface area (Å²) < 4.78 is 10.6. The fourth-order valence-electron chi connectivity index (χ4n) is 1.07. The van der Waals surface area contributed by atoms with Crippen LogP contribution in [0.15, 0.2) is 12.1 Å². The van der Waals surface area contributed by atoms with Gasteiger partial charge in [0.25, 0.3) is 0 Å². The molecule has 0 bridgehead atoms. The molecule has 4 heteroatoms. The van der Waals surface area contributed by atoms with Gasteiger partial charge in [-0.3, -0.25) is 0 Å². The third-order valence-corrected chi connectivity index (χ3v) is 2.19. The number of hydrogen-bond acceptors (Lipinski definition) is 2. The standard InChI is InChI=1S/C8H6Cl2O2/c9-5-1-2-6(10)8-7(5)11-3-4-12-8/h1-2H,3-4H2. The fourth-order valence-corrected chi connectivity index (χ4v) is 1.48. The van der Waals surface area contributed by atoms with Crippen LogP contribution in [-0.2, 0) is 0 Å². The largest absolute Gasteiger partial charge is 0.485 e. The van der Waals surface area contributed by atoms with E-state index >= 15 is 0 Å². The monoisotopic (exact) mass is 204 g/mol. The van der Waals surface area contributed by atoms with Crippen molar-refractivity contribution in [3.8, 4) is 11.5 Å². The molecule has 0 amide bonds. The van der Waals surface area contributed by atoms with Crippen molar-refractivity contribution in [1.82, 2.24) is 0 Å². The molecule has 0 spiro atoms. The first kappa shape index (κ1) is 8.02. The molecule has 2 rings (SSSR count). The predicted molar refractivity (Wildman–Crippen MR) is 47.5 cm³/mol. The van der Waals surface area contributed by atoms with E-state index in [1.54, 1.807) is 12.1 Å². The van der Waals surface area contributed by atoms with Crippen molar-refractivity contribution < 1.29 is 9.47 Å². The van der Waals surface area contributed by atoms with Gasteiger partial charge in [-0.2, -0.15) is 0 Å². The van der Waals surface area contributed by atoms with Crippen LogP contribution in [0, 0.1) is 0 Å². The molecular weight excluding hydrogens is 199 g/mol. The Bertz CT molecular complexity index is 281. The summed E-state index contributed by atoms with van der Waals surface area (Å²) in [6, 6.07) is 3.38. The summed E-state index contributed by atoms with van der Waals surface area (Å²) in [5, 5.41) is 1.07. The van der Waals surface area contributed by atoms with Crippen molar-refractivity contribution in [2.45, 2.75) is 0 Å². The van der Waals surface area contributed by atoms with E-state index in [-0.39, 0.29) is 0 Å². The van der Waals surface area contributed by atoms with E-state index in [1.165, 1.54) is 0 Å². The predicted octanol–water partition coefficient (Wildman–Crippen LogP) is 2.76. The molecule has 0 radical (unpaired) electrons. The highest BCUT2D eigenvalue weighted by Gasteiger charge is 2.17. The van der Waals surface area contributed by atoms with Crippen LogP contribution in [0.1, 0.15) is 0 Å². The maximum Gasteiger partial charge on any atom is 0.181 e. The number of hydrogen-bond donors (Lipinski definition) is 0. The molecule has 2 nitrogen and oxygen atoms in total. The second-order valence-electron chi connectivity index (χ2n) is 2.38. The summed E-state index contributed by atoms with van der Waals surface area (Å²) >= 11 is 11.7. The van der Waals surface area contributed by atoms with Crippen LogP contribution < -0.4 is 9.47 Å². The first-order valence-electron chi connectivity index (χ1n) is 3.52. The average molecular weight is 205 g/mol. The Balaban J connectivity index is 2.57. The Hall–Kier alpha value is -0.600. The summed E-state index contributed by atoms with van der Waals surface area (Å²) in [4.78, 5) is 0. The van der Waals surface area contributed by atoms with E-state index < -0.39 is 0 Å². The number of benzene rings is 1. The Morgan fingerprint density at radius 1 is 0.917 bits per heavy atom. The van der Waals surface area contributed by atoms with Gasteiger partial charge in [0.15, 0.2) is 11.5 Å². The molecule has 1 aromatic rings.